The third-order valence-corrected chi connectivity index (χ3v) is 5.23. The van der Waals surface area contributed by atoms with Crippen LogP contribution in [0.15, 0.2) is 71.9 Å². The summed E-state index contributed by atoms with van der Waals surface area (Å²) in [5, 5.41) is 2.52. The molecule has 0 aliphatic rings. The van der Waals surface area contributed by atoms with Crippen LogP contribution in [0.4, 0.5) is 15.0 Å². The Kier molecular flexibility index (Phi) is 5.38. The number of hydrogen-bond donors (Lipinski definition) is 1. The van der Waals surface area contributed by atoms with Crippen LogP contribution in [-0.2, 0) is 4.74 Å². The molecule has 9 nitrogen and oxygen atoms in total. The summed E-state index contributed by atoms with van der Waals surface area (Å²) in [4.78, 5) is 24.4. The van der Waals surface area contributed by atoms with Crippen molar-refractivity contribution in [1.29, 1.82) is 0 Å². The second kappa shape index (κ2) is 8.66. The van der Waals surface area contributed by atoms with Crippen LogP contribution >= 0.6 is 0 Å². The largest absolute Gasteiger partial charge is 0.494 e. The van der Waals surface area contributed by atoms with Gasteiger partial charge in [0.25, 0.3) is 0 Å². The zero-order chi connectivity index (χ0) is 23.7. The first-order valence-electron chi connectivity index (χ1n) is 10.1. The number of imidazole rings is 1. The molecule has 1 N–H and O–H groups in total. The van der Waals surface area contributed by atoms with Gasteiger partial charge >= 0.3 is 6.09 Å². The lowest BCUT2D eigenvalue weighted by Gasteiger charge is -2.08. The van der Waals surface area contributed by atoms with Crippen LogP contribution in [0.25, 0.3) is 39.5 Å². The highest BCUT2D eigenvalue weighted by Gasteiger charge is 2.17. The molecule has 0 fully saturated rings. The molecular formula is C24H18FN5O4. The lowest BCUT2D eigenvalue weighted by atomic mass is 10.1. The molecule has 34 heavy (non-hydrogen) atoms. The fourth-order valence-corrected chi connectivity index (χ4v) is 3.57. The predicted octanol–water partition coefficient (Wildman–Crippen LogP) is 5.04. The molecule has 0 atom stereocenters. The first kappa shape index (κ1) is 21.1. The van der Waals surface area contributed by atoms with Gasteiger partial charge in [0.1, 0.15) is 17.2 Å². The van der Waals surface area contributed by atoms with Crippen molar-refractivity contribution in [2.24, 2.45) is 0 Å². The van der Waals surface area contributed by atoms with Crippen LogP contribution in [0.5, 0.6) is 5.75 Å². The summed E-state index contributed by atoms with van der Waals surface area (Å²) >= 11 is 0. The summed E-state index contributed by atoms with van der Waals surface area (Å²) in [6, 6.07) is 11.7. The molecule has 0 saturated heterocycles. The van der Waals surface area contributed by atoms with Gasteiger partial charge in [-0.3, -0.25) is 9.72 Å². The Morgan fingerprint density at radius 2 is 1.82 bits per heavy atom. The smallest absolute Gasteiger partial charge is 0.412 e. The van der Waals surface area contributed by atoms with Crippen molar-refractivity contribution < 1.29 is 23.1 Å². The van der Waals surface area contributed by atoms with Gasteiger partial charge in [-0.2, -0.15) is 0 Å². The molecule has 1 aromatic carbocycles. The van der Waals surface area contributed by atoms with E-state index in [1.54, 1.807) is 30.6 Å². The van der Waals surface area contributed by atoms with E-state index >= 15 is 0 Å². The normalized spacial score (nSPS) is 10.9. The van der Waals surface area contributed by atoms with Gasteiger partial charge in [0.15, 0.2) is 23.7 Å². The van der Waals surface area contributed by atoms with Crippen molar-refractivity contribution in [2.75, 3.05) is 19.5 Å². The molecular weight excluding hydrogens is 441 g/mol. The number of anilines is 1. The van der Waals surface area contributed by atoms with Crippen molar-refractivity contribution in [3.63, 3.8) is 0 Å². The molecule has 5 rings (SSSR count). The summed E-state index contributed by atoms with van der Waals surface area (Å²) in [5.41, 5.74) is 4.27. The highest BCUT2D eigenvalue weighted by atomic mass is 19.1. The lowest BCUT2D eigenvalue weighted by molar-refractivity contribution is 0.187. The molecule has 0 saturated carbocycles. The van der Waals surface area contributed by atoms with Crippen LogP contribution in [-0.4, -0.2) is 39.7 Å². The van der Waals surface area contributed by atoms with Gasteiger partial charge in [-0.25, -0.2) is 24.1 Å². The lowest BCUT2D eigenvalue weighted by Crippen LogP contribution is -2.11. The molecule has 4 aromatic heterocycles. The standard InChI is InChI=1S/C24H18FN5O4/c1-32-19-9-14(3-6-17(19)25)22-23(34-13-28-22)16-5-8-21-27-11-18(30(21)12-16)15-4-7-20(26-10-15)29-24(31)33-2/h3-13H,1-2H3,(H,26,29,31). The van der Waals surface area contributed by atoms with Gasteiger partial charge in [-0.1, -0.05) is 0 Å². The number of pyridine rings is 2. The second-order valence-corrected chi connectivity index (χ2v) is 7.22. The quantitative estimate of drug-likeness (QED) is 0.392. The Morgan fingerprint density at radius 1 is 1.00 bits per heavy atom. The summed E-state index contributed by atoms with van der Waals surface area (Å²) in [6.07, 6.45) is 5.99. The van der Waals surface area contributed by atoms with E-state index in [4.69, 9.17) is 9.15 Å². The summed E-state index contributed by atoms with van der Waals surface area (Å²) < 4.78 is 31.1. The number of aromatic nitrogens is 4. The van der Waals surface area contributed by atoms with Crippen molar-refractivity contribution in [1.82, 2.24) is 19.4 Å². The topological polar surface area (TPSA) is 104 Å². The van der Waals surface area contributed by atoms with E-state index in [0.29, 0.717) is 22.8 Å². The fraction of sp³-hybridized carbons (Fsp3) is 0.0833. The zero-order valence-electron chi connectivity index (χ0n) is 18.2. The average Bonchev–Trinajstić information content (AvgIpc) is 3.52. The molecule has 5 aromatic rings. The van der Waals surface area contributed by atoms with E-state index in [9.17, 15) is 9.18 Å². The molecule has 1 amide bonds. The maximum absolute atomic E-state index is 13.9. The van der Waals surface area contributed by atoms with E-state index in [2.05, 4.69) is 25.0 Å². The van der Waals surface area contributed by atoms with Crippen LogP contribution in [0, 0.1) is 5.82 Å². The van der Waals surface area contributed by atoms with Gasteiger partial charge in [0, 0.05) is 29.1 Å². The van der Waals surface area contributed by atoms with Crippen LogP contribution in [0.2, 0.25) is 0 Å². The maximum Gasteiger partial charge on any atom is 0.412 e. The minimum absolute atomic E-state index is 0.122. The minimum Gasteiger partial charge on any atom is -0.494 e. The Labute approximate surface area is 192 Å². The zero-order valence-corrected chi connectivity index (χ0v) is 18.2. The van der Waals surface area contributed by atoms with E-state index in [1.165, 1.54) is 26.7 Å². The summed E-state index contributed by atoms with van der Waals surface area (Å²) in [6.45, 7) is 0. The number of amides is 1. The molecule has 0 aliphatic heterocycles. The number of halogens is 1. The fourth-order valence-electron chi connectivity index (χ4n) is 3.57. The summed E-state index contributed by atoms with van der Waals surface area (Å²) in [5.74, 6) is 0.552. The van der Waals surface area contributed by atoms with Crippen molar-refractivity contribution in [3.8, 4) is 39.6 Å². The molecule has 0 aliphatic carbocycles. The number of fused-ring (bicyclic) bond motifs is 1. The van der Waals surface area contributed by atoms with Gasteiger partial charge in [0.05, 0.1) is 26.1 Å². The monoisotopic (exact) mass is 459 g/mol. The van der Waals surface area contributed by atoms with Gasteiger partial charge in [-0.15, -0.1) is 0 Å². The molecule has 0 spiro atoms. The number of methoxy groups -OCH3 is 2. The Hall–Kier alpha value is -4.73. The summed E-state index contributed by atoms with van der Waals surface area (Å²) in [7, 11) is 2.69. The first-order chi connectivity index (χ1) is 16.6. The second-order valence-electron chi connectivity index (χ2n) is 7.22. The predicted molar refractivity (Wildman–Crippen MR) is 122 cm³/mol. The molecule has 0 radical (unpaired) electrons. The van der Waals surface area contributed by atoms with E-state index in [0.717, 1.165) is 22.5 Å². The number of carbonyl (C=O) groups excluding carboxylic acids is 1. The average molecular weight is 459 g/mol. The van der Waals surface area contributed by atoms with Gasteiger partial charge in [-0.05, 0) is 42.5 Å². The number of carbonyl (C=O) groups is 1. The van der Waals surface area contributed by atoms with E-state index in [1.807, 2.05) is 28.8 Å². The number of nitrogens with one attached hydrogen (secondary N) is 1. The number of hydrogen-bond acceptors (Lipinski definition) is 7. The van der Waals surface area contributed by atoms with Crippen LogP contribution in [0.3, 0.4) is 0 Å². The minimum atomic E-state index is -0.596. The first-order valence-corrected chi connectivity index (χ1v) is 10.1. The molecule has 10 heteroatoms. The van der Waals surface area contributed by atoms with Crippen LogP contribution < -0.4 is 10.1 Å². The molecule has 0 unspecified atom stereocenters. The molecule has 0 bridgehead atoms. The van der Waals surface area contributed by atoms with Crippen molar-refractivity contribution >= 4 is 17.6 Å². The molecule has 170 valence electrons. The Balaban J connectivity index is 1.53. The highest BCUT2D eigenvalue weighted by Crippen LogP contribution is 2.34. The number of oxazole rings is 1. The number of benzene rings is 1. The third-order valence-electron chi connectivity index (χ3n) is 5.23. The highest BCUT2D eigenvalue weighted by molar-refractivity contribution is 5.83. The van der Waals surface area contributed by atoms with Gasteiger partial charge < -0.3 is 13.9 Å². The Bertz CT molecular complexity index is 1490. The van der Waals surface area contributed by atoms with Gasteiger partial charge in [0.2, 0.25) is 0 Å². The third kappa shape index (κ3) is 3.81. The number of nitrogens with zero attached hydrogens (tertiary/aromatic N) is 4. The maximum atomic E-state index is 13.9. The number of ether oxygens (including phenoxy) is 2. The van der Waals surface area contributed by atoms with Crippen molar-refractivity contribution in [3.05, 3.63) is 73.3 Å². The van der Waals surface area contributed by atoms with E-state index < -0.39 is 11.9 Å². The van der Waals surface area contributed by atoms with E-state index in [-0.39, 0.29) is 5.75 Å². The SMILES string of the molecule is COC(=O)Nc1ccc(-c2cnc3ccc(-c4ocnc4-c4ccc(F)c(OC)c4)cn23)cn1. The molecule has 4 heterocycles. The van der Waals surface area contributed by atoms with Crippen LogP contribution in [0.1, 0.15) is 0 Å². The Morgan fingerprint density at radius 3 is 2.59 bits per heavy atom. The van der Waals surface area contributed by atoms with Crippen molar-refractivity contribution in [2.45, 2.75) is 0 Å². The number of rotatable bonds is 5.